The highest BCUT2D eigenvalue weighted by atomic mass is 16.5. The zero-order valence-electron chi connectivity index (χ0n) is 10.4. The van der Waals surface area contributed by atoms with Gasteiger partial charge in [0.15, 0.2) is 0 Å². The predicted molar refractivity (Wildman–Crippen MR) is 68.6 cm³/mol. The van der Waals surface area contributed by atoms with Crippen molar-refractivity contribution in [3.8, 4) is 0 Å². The fourth-order valence-corrected chi connectivity index (χ4v) is 1.95. The van der Waals surface area contributed by atoms with Gasteiger partial charge in [0.1, 0.15) is 0 Å². The van der Waals surface area contributed by atoms with E-state index in [1.165, 1.54) is 12.7 Å². The van der Waals surface area contributed by atoms with Crippen molar-refractivity contribution in [1.82, 2.24) is 0 Å². The molecule has 1 rings (SSSR count). The molecule has 0 fully saturated rings. The van der Waals surface area contributed by atoms with E-state index in [4.69, 9.17) is 10.5 Å². The Morgan fingerprint density at radius 1 is 1.35 bits per heavy atom. The van der Waals surface area contributed by atoms with Gasteiger partial charge in [-0.15, -0.1) is 0 Å². The van der Waals surface area contributed by atoms with Crippen LogP contribution in [-0.4, -0.2) is 19.6 Å². The third-order valence-electron chi connectivity index (χ3n) is 2.87. The van der Waals surface area contributed by atoms with E-state index in [-0.39, 0.29) is 5.97 Å². The van der Waals surface area contributed by atoms with Crippen LogP contribution in [0.5, 0.6) is 0 Å². The Morgan fingerprint density at radius 3 is 2.65 bits per heavy atom. The normalized spacial score (nSPS) is 12.1. The molecule has 3 heteroatoms. The average molecular weight is 235 g/mol. The average Bonchev–Trinajstić information content (AvgIpc) is 2.37. The van der Waals surface area contributed by atoms with E-state index >= 15 is 0 Å². The van der Waals surface area contributed by atoms with Crippen molar-refractivity contribution in [3.05, 3.63) is 35.9 Å². The van der Waals surface area contributed by atoms with Crippen molar-refractivity contribution >= 4 is 5.97 Å². The van der Waals surface area contributed by atoms with E-state index in [0.717, 1.165) is 19.3 Å². The highest BCUT2D eigenvalue weighted by Gasteiger charge is 2.14. The molecule has 3 nitrogen and oxygen atoms in total. The van der Waals surface area contributed by atoms with Gasteiger partial charge in [-0.05, 0) is 37.3 Å². The van der Waals surface area contributed by atoms with Crippen LogP contribution in [0.2, 0.25) is 0 Å². The number of benzene rings is 1. The third kappa shape index (κ3) is 5.50. The van der Waals surface area contributed by atoms with Crippen LogP contribution >= 0.6 is 0 Å². The van der Waals surface area contributed by atoms with Gasteiger partial charge in [0.05, 0.1) is 7.11 Å². The molecule has 0 aromatic heterocycles. The first kappa shape index (κ1) is 13.7. The van der Waals surface area contributed by atoms with Crippen LogP contribution in [0.1, 0.15) is 24.8 Å². The summed E-state index contributed by atoms with van der Waals surface area (Å²) in [5, 5.41) is 0. The molecule has 0 spiro atoms. The first-order valence-electron chi connectivity index (χ1n) is 6.07. The number of carbonyl (C=O) groups is 1. The van der Waals surface area contributed by atoms with Crippen molar-refractivity contribution in [2.24, 2.45) is 11.7 Å². The Bertz CT molecular complexity index is 324. The maximum Gasteiger partial charge on any atom is 0.305 e. The molecule has 0 unspecified atom stereocenters. The Kier molecular flexibility index (Phi) is 6.33. The Hall–Kier alpha value is -1.35. The topological polar surface area (TPSA) is 52.3 Å². The molecule has 94 valence electrons. The van der Waals surface area contributed by atoms with Crippen molar-refractivity contribution in [2.45, 2.75) is 25.7 Å². The minimum atomic E-state index is -0.136. The molecular weight excluding hydrogens is 214 g/mol. The molecule has 0 amide bonds. The summed E-state index contributed by atoms with van der Waals surface area (Å²) < 4.78 is 4.73. The molecule has 0 saturated carbocycles. The van der Waals surface area contributed by atoms with E-state index in [0.29, 0.717) is 18.9 Å². The molecule has 0 aliphatic carbocycles. The monoisotopic (exact) mass is 235 g/mol. The summed E-state index contributed by atoms with van der Waals surface area (Å²) in [7, 11) is 1.44. The summed E-state index contributed by atoms with van der Waals surface area (Å²) in [4.78, 5) is 11.3. The number of rotatable bonds is 7. The lowest BCUT2D eigenvalue weighted by atomic mass is 9.92. The molecule has 1 aromatic rings. The molecule has 0 saturated heterocycles. The minimum Gasteiger partial charge on any atom is -0.469 e. The Balaban J connectivity index is 2.53. The van der Waals surface area contributed by atoms with Crippen molar-refractivity contribution in [1.29, 1.82) is 0 Å². The maximum absolute atomic E-state index is 11.3. The van der Waals surface area contributed by atoms with Crippen LogP contribution < -0.4 is 5.73 Å². The number of hydrogen-bond acceptors (Lipinski definition) is 3. The molecule has 0 aliphatic rings. The number of carbonyl (C=O) groups excluding carboxylic acids is 1. The lowest BCUT2D eigenvalue weighted by Gasteiger charge is -2.15. The molecule has 1 aromatic carbocycles. The second-order valence-corrected chi connectivity index (χ2v) is 4.27. The second-order valence-electron chi connectivity index (χ2n) is 4.27. The van der Waals surface area contributed by atoms with E-state index in [1.54, 1.807) is 0 Å². The lowest BCUT2D eigenvalue weighted by molar-refractivity contribution is -0.141. The van der Waals surface area contributed by atoms with Gasteiger partial charge in [0.25, 0.3) is 0 Å². The first-order valence-corrected chi connectivity index (χ1v) is 6.07. The molecular formula is C14H21NO2. The first-order chi connectivity index (χ1) is 8.26. The smallest absolute Gasteiger partial charge is 0.305 e. The summed E-state index contributed by atoms with van der Waals surface area (Å²) in [6, 6.07) is 10.2. The van der Waals surface area contributed by atoms with Crippen molar-refractivity contribution in [2.75, 3.05) is 13.7 Å². The quantitative estimate of drug-likeness (QED) is 0.737. The van der Waals surface area contributed by atoms with Gasteiger partial charge in [-0.2, -0.15) is 0 Å². The third-order valence-corrected chi connectivity index (χ3v) is 2.87. The lowest BCUT2D eigenvalue weighted by Crippen LogP contribution is -2.14. The number of nitrogens with two attached hydrogens (primary N) is 1. The van der Waals surface area contributed by atoms with E-state index in [2.05, 4.69) is 12.1 Å². The molecule has 2 N–H and O–H groups in total. The fraction of sp³-hybridized carbons (Fsp3) is 0.500. The van der Waals surface area contributed by atoms with E-state index in [9.17, 15) is 4.79 Å². The van der Waals surface area contributed by atoms with Gasteiger partial charge in [-0.3, -0.25) is 4.79 Å². The van der Waals surface area contributed by atoms with Crippen LogP contribution in [0, 0.1) is 5.92 Å². The summed E-state index contributed by atoms with van der Waals surface area (Å²) in [5.41, 5.74) is 6.78. The van der Waals surface area contributed by atoms with Gasteiger partial charge in [-0.1, -0.05) is 30.3 Å². The molecule has 0 radical (unpaired) electrons. The number of methoxy groups -OCH3 is 1. The summed E-state index contributed by atoms with van der Waals surface area (Å²) in [5.74, 6) is 0.191. The SMILES string of the molecule is COC(=O)C[C@@H](CCCN)Cc1ccccc1. The highest BCUT2D eigenvalue weighted by molar-refractivity contribution is 5.69. The molecule has 0 aliphatic heterocycles. The summed E-state index contributed by atoms with van der Waals surface area (Å²) in [6.07, 6.45) is 3.32. The van der Waals surface area contributed by atoms with Crippen LogP contribution in [0.4, 0.5) is 0 Å². The van der Waals surface area contributed by atoms with Gasteiger partial charge >= 0.3 is 5.97 Å². The fourth-order valence-electron chi connectivity index (χ4n) is 1.95. The van der Waals surface area contributed by atoms with Crippen LogP contribution in [0.25, 0.3) is 0 Å². The second kappa shape index (κ2) is 7.85. The zero-order valence-corrected chi connectivity index (χ0v) is 10.4. The minimum absolute atomic E-state index is 0.136. The van der Waals surface area contributed by atoms with Crippen molar-refractivity contribution in [3.63, 3.8) is 0 Å². The number of hydrogen-bond donors (Lipinski definition) is 1. The zero-order chi connectivity index (χ0) is 12.5. The van der Waals surface area contributed by atoms with Crippen molar-refractivity contribution < 1.29 is 9.53 Å². The van der Waals surface area contributed by atoms with Crippen LogP contribution in [-0.2, 0) is 16.0 Å². The molecule has 17 heavy (non-hydrogen) atoms. The Morgan fingerprint density at radius 2 is 2.06 bits per heavy atom. The highest BCUT2D eigenvalue weighted by Crippen LogP contribution is 2.18. The van der Waals surface area contributed by atoms with Gasteiger partial charge in [0, 0.05) is 6.42 Å². The Labute approximate surface area is 103 Å². The van der Waals surface area contributed by atoms with Gasteiger partial charge in [-0.25, -0.2) is 0 Å². The number of ether oxygens (including phenoxy) is 1. The molecule has 1 atom stereocenters. The molecule has 0 bridgehead atoms. The largest absolute Gasteiger partial charge is 0.469 e. The molecule has 0 heterocycles. The van der Waals surface area contributed by atoms with Crippen LogP contribution in [0.3, 0.4) is 0 Å². The summed E-state index contributed by atoms with van der Waals surface area (Å²) >= 11 is 0. The van der Waals surface area contributed by atoms with E-state index in [1.807, 2.05) is 18.2 Å². The maximum atomic E-state index is 11.3. The van der Waals surface area contributed by atoms with Gasteiger partial charge < -0.3 is 10.5 Å². The van der Waals surface area contributed by atoms with Gasteiger partial charge in [0.2, 0.25) is 0 Å². The predicted octanol–water partition coefficient (Wildman–Crippen LogP) is 2.15. The summed E-state index contributed by atoms with van der Waals surface area (Å²) in [6.45, 7) is 0.673. The van der Waals surface area contributed by atoms with E-state index < -0.39 is 0 Å². The number of esters is 1. The standard InChI is InChI=1S/C14H21NO2/c1-17-14(16)11-13(8-5-9-15)10-12-6-3-2-4-7-12/h2-4,6-7,13H,5,8-11,15H2,1H3/t13-/m0/s1. The van der Waals surface area contributed by atoms with Crippen LogP contribution in [0.15, 0.2) is 30.3 Å².